The lowest BCUT2D eigenvalue weighted by molar-refractivity contribution is 0.194. The minimum absolute atomic E-state index is 0.188. The molecule has 1 aliphatic carbocycles. The van der Waals surface area contributed by atoms with Crippen molar-refractivity contribution in [3.63, 3.8) is 0 Å². The van der Waals surface area contributed by atoms with Crippen LogP contribution < -0.4 is 10.0 Å². The van der Waals surface area contributed by atoms with Gasteiger partial charge in [0.05, 0.1) is 11.9 Å². The zero-order valence-corrected chi connectivity index (χ0v) is 16.7. The highest BCUT2D eigenvalue weighted by atomic mass is 32.2. The molecule has 7 heteroatoms. The third-order valence-electron chi connectivity index (χ3n) is 4.85. The van der Waals surface area contributed by atoms with Crippen molar-refractivity contribution in [1.29, 1.82) is 0 Å². The van der Waals surface area contributed by atoms with Gasteiger partial charge in [0.15, 0.2) is 0 Å². The Balaban J connectivity index is 1.73. The summed E-state index contributed by atoms with van der Waals surface area (Å²) in [6.07, 6.45) is 6.34. The number of methoxy groups -OCH3 is 1. The highest BCUT2D eigenvalue weighted by Crippen LogP contribution is 2.48. The molecule has 0 bridgehead atoms. The van der Waals surface area contributed by atoms with E-state index in [0.29, 0.717) is 5.69 Å². The molecule has 1 aliphatic rings. The molecule has 2 aromatic rings. The number of ether oxygens (including phenoxy) is 1. The summed E-state index contributed by atoms with van der Waals surface area (Å²) < 4.78 is 30.5. The number of benzene rings is 1. The van der Waals surface area contributed by atoms with Crippen LogP contribution in [0.1, 0.15) is 24.8 Å². The van der Waals surface area contributed by atoms with Crippen molar-refractivity contribution in [2.75, 3.05) is 37.8 Å². The predicted octanol–water partition coefficient (Wildman–Crippen LogP) is 2.78. The van der Waals surface area contributed by atoms with Gasteiger partial charge in [0.25, 0.3) is 0 Å². The van der Waals surface area contributed by atoms with Crippen LogP contribution in [0.4, 0.5) is 5.69 Å². The Labute approximate surface area is 161 Å². The maximum absolute atomic E-state index is 11.5. The smallest absolute Gasteiger partial charge is 0.229 e. The van der Waals surface area contributed by atoms with Gasteiger partial charge < -0.3 is 10.1 Å². The van der Waals surface area contributed by atoms with Crippen molar-refractivity contribution < 1.29 is 13.2 Å². The minimum atomic E-state index is -3.30. The Hall–Kier alpha value is -1.96. The number of rotatable bonds is 10. The van der Waals surface area contributed by atoms with Gasteiger partial charge in [0, 0.05) is 43.1 Å². The van der Waals surface area contributed by atoms with E-state index in [4.69, 9.17) is 4.74 Å². The third-order valence-corrected chi connectivity index (χ3v) is 5.46. The van der Waals surface area contributed by atoms with Gasteiger partial charge in [-0.05, 0) is 55.6 Å². The quantitative estimate of drug-likeness (QED) is 0.611. The van der Waals surface area contributed by atoms with Gasteiger partial charge in [-0.3, -0.25) is 9.71 Å². The monoisotopic (exact) mass is 389 g/mol. The summed E-state index contributed by atoms with van der Waals surface area (Å²) in [5, 5.41) is 3.54. The fraction of sp³-hybridized carbons (Fsp3) is 0.450. The van der Waals surface area contributed by atoms with Crippen LogP contribution in [0.25, 0.3) is 11.3 Å². The minimum Gasteiger partial charge on any atom is -0.385 e. The van der Waals surface area contributed by atoms with E-state index in [-0.39, 0.29) is 5.41 Å². The van der Waals surface area contributed by atoms with Crippen molar-refractivity contribution in [3.05, 3.63) is 48.2 Å². The second-order valence-electron chi connectivity index (χ2n) is 7.19. The number of anilines is 1. The molecule has 6 nitrogen and oxygen atoms in total. The standard InChI is InChI=1S/C20H27N3O3S/c1-26-12-4-10-21-15-20(8-9-20)17-7-11-22-19(14-17)16-5-3-6-18(13-16)23-27(2,24)25/h3,5-7,11,13-14,21,23H,4,8-10,12,15H2,1-2H3. The summed E-state index contributed by atoms with van der Waals surface area (Å²) in [6, 6.07) is 11.6. The molecule has 27 heavy (non-hydrogen) atoms. The van der Waals surface area contributed by atoms with E-state index in [2.05, 4.69) is 27.2 Å². The molecule has 0 amide bonds. The van der Waals surface area contributed by atoms with Crippen LogP contribution in [0.3, 0.4) is 0 Å². The molecule has 0 unspecified atom stereocenters. The molecule has 1 aromatic heterocycles. The summed E-state index contributed by atoms with van der Waals surface area (Å²) in [5.41, 5.74) is 3.77. The van der Waals surface area contributed by atoms with E-state index in [1.807, 2.05) is 24.4 Å². The van der Waals surface area contributed by atoms with Crippen molar-refractivity contribution in [1.82, 2.24) is 10.3 Å². The Kier molecular flexibility index (Phi) is 6.14. The number of sulfonamides is 1. The normalized spacial score (nSPS) is 15.5. The molecule has 1 fully saturated rings. The summed E-state index contributed by atoms with van der Waals surface area (Å²) in [5.74, 6) is 0. The average Bonchev–Trinajstić information content (AvgIpc) is 3.42. The first-order valence-corrected chi connectivity index (χ1v) is 11.1. The van der Waals surface area contributed by atoms with E-state index in [1.165, 1.54) is 18.4 Å². The summed E-state index contributed by atoms with van der Waals surface area (Å²) in [7, 11) is -1.58. The van der Waals surface area contributed by atoms with Gasteiger partial charge in [-0.25, -0.2) is 8.42 Å². The molecule has 3 rings (SSSR count). The fourth-order valence-electron chi connectivity index (χ4n) is 3.26. The number of pyridine rings is 1. The number of aromatic nitrogens is 1. The highest BCUT2D eigenvalue weighted by molar-refractivity contribution is 7.92. The van der Waals surface area contributed by atoms with Crippen LogP contribution in [0.15, 0.2) is 42.6 Å². The second kappa shape index (κ2) is 8.37. The van der Waals surface area contributed by atoms with E-state index in [9.17, 15) is 8.42 Å². The van der Waals surface area contributed by atoms with Crippen LogP contribution in [0, 0.1) is 0 Å². The molecule has 146 valence electrons. The van der Waals surface area contributed by atoms with Gasteiger partial charge in [-0.2, -0.15) is 0 Å². The van der Waals surface area contributed by atoms with Crippen molar-refractivity contribution in [3.8, 4) is 11.3 Å². The SMILES string of the molecule is COCCCNCC1(c2ccnc(-c3cccc(NS(C)(=O)=O)c3)c2)CC1. The van der Waals surface area contributed by atoms with Crippen LogP contribution in [-0.4, -0.2) is 46.5 Å². The molecule has 1 heterocycles. The molecule has 0 atom stereocenters. The summed E-state index contributed by atoms with van der Waals surface area (Å²) in [6.45, 7) is 2.68. The average molecular weight is 390 g/mol. The van der Waals surface area contributed by atoms with E-state index in [1.54, 1.807) is 13.2 Å². The van der Waals surface area contributed by atoms with Gasteiger partial charge in [-0.15, -0.1) is 0 Å². The first kappa shape index (κ1) is 19.8. The molecule has 2 N–H and O–H groups in total. The number of nitrogens with one attached hydrogen (secondary N) is 2. The largest absolute Gasteiger partial charge is 0.385 e. The lowest BCUT2D eigenvalue weighted by Gasteiger charge is -2.17. The first-order valence-electron chi connectivity index (χ1n) is 9.16. The summed E-state index contributed by atoms with van der Waals surface area (Å²) >= 11 is 0. The molecule has 0 aliphatic heterocycles. The number of nitrogens with zero attached hydrogens (tertiary/aromatic N) is 1. The topological polar surface area (TPSA) is 80.3 Å². The van der Waals surface area contributed by atoms with Gasteiger partial charge >= 0.3 is 0 Å². The summed E-state index contributed by atoms with van der Waals surface area (Å²) in [4.78, 5) is 4.50. The lowest BCUT2D eigenvalue weighted by atomic mass is 9.95. The lowest BCUT2D eigenvalue weighted by Crippen LogP contribution is -2.28. The van der Waals surface area contributed by atoms with Crippen LogP contribution >= 0.6 is 0 Å². The van der Waals surface area contributed by atoms with Crippen LogP contribution in [0.5, 0.6) is 0 Å². The van der Waals surface area contributed by atoms with Crippen LogP contribution in [-0.2, 0) is 20.2 Å². The maximum Gasteiger partial charge on any atom is 0.229 e. The van der Waals surface area contributed by atoms with Crippen molar-refractivity contribution in [2.45, 2.75) is 24.7 Å². The first-order chi connectivity index (χ1) is 12.9. The van der Waals surface area contributed by atoms with E-state index in [0.717, 1.165) is 43.6 Å². The molecule has 0 radical (unpaired) electrons. The maximum atomic E-state index is 11.5. The molecule has 1 aromatic carbocycles. The number of hydrogen-bond acceptors (Lipinski definition) is 5. The van der Waals surface area contributed by atoms with Gasteiger partial charge in [-0.1, -0.05) is 12.1 Å². The fourth-order valence-corrected chi connectivity index (χ4v) is 3.82. The Morgan fingerprint density at radius 2 is 2.04 bits per heavy atom. The van der Waals surface area contributed by atoms with E-state index < -0.39 is 10.0 Å². The van der Waals surface area contributed by atoms with Crippen LogP contribution in [0.2, 0.25) is 0 Å². The van der Waals surface area contributed by atoms with Crippen molar-refractivity contribution in [2.24, 2.45) is 0 Å². The Morgan fingerprint density at radius 1 is 1.22 bits per heavy atom. The molecular formula is C20H27N3O3S. The highest BCUT2D eigenvalue weighted by Gasteiger charge is 2.43. The van der Waals surface area contributed by atoms with Gasteiger partial charge in [0.2, 0.25) is 10.0 Å². The molecule has 1 saturated carbocycles. The zero-order chi connectivity index (χ0) is 19.3. The number of hydrogen-bond donors (Lipinski definition) is 2. The van der Waals surface area contributed by atoms with Crippen molar-refractivity contribution >= 4 is 15.7 Å². The second-order valence-corrected chi connectivity index (χ2v) is 8.94. The molecule has 0 saturated heterocycles. The van der Waals surface area contributed by atoms with Gasteiger partial charge in [0.1, 0.15) is 0 Å². The Morgan fingerprint density at radius 3 is 2.74 bits per heavy atom. The zero-order valence-electron chi connectivity index (χ0n) is 15.9. The van der Waals surface area contributed by atoms with E-state index >= 15 is 0 Å². The molecular weight excluding hydrogens is 362 g/mol. The Bertz CT molecular complexity index is 880. The molecule has 0 spiro atoms. The predicted molar refractivity (Wildman–Crippen MR) is 108 cm³/mol. The third kappa shape index (κ3) is 5.51.